The molecule has 9 heteroatoms. The molecule has 0 atom stereocenters. The lowest BCUT2D eigenvalue weighted by atomic mass is 10.1. The highest BCUT2D eigenvalue weighted by Crippen LogP contribution is 2.26. The van der Waals surface area contributed by atoms with Crippen LogP contribution in [0.2, 0.25) is 0 Å². The zero-order chi connectivity index (χ0) is 17.8. The molecule has 1 aliphatic rings. The third kappa shape index (κ3) is 3.82. The van der Waals surface area contributed by atoms with E-state index in [1.807, 2.05) is 18.2 Å². The van der Waals surface area contributed by atoms with E-state index in [1.54, 1.807) is 18.8 Å². The molecule has 3 rings (SSSR count). The van der Waals surface area contributed by atoms with Gasteiger partial charge >= 0.3 is 11.8 Å². The molecule has 1 aliphatic heterocycles. The van der Waals surface area contributed by atoms with Gasteiger partial charge in [0.15, 0.2) is 0 Å². The first kappa shape index (κ1) is 17.0. The van der Waals surface area contributed by atoms with Gasteiger partial charge < -0.3 is 24.3 Å². The lowest BCUT2D eigenvalue weighted by molar-refractivity contribution is -0.389. The Balaban J connectivity index is 1.71. The number of nitrogens with zero attached hydrogens (tertiary/aromatic N) is 4. The number of imidazole rings is 1. The molecule has 0 unspecified atom stereocenters. The minimum absolute atomic E-state index is 0.194. The second-order valence-corrected chi connectivity index (χ2v) is 5.63. The number of ether oxygens (including phenoxy) is 3. The fourth-order valence-corrected chi connectivity index (χ4v) is 2.76. The van der Waals surface area contributed by atoms with E-state index in [1.165, 1.54) is 6.20 Å². The maximum Gasteiger partial charge on any atom is 0.414 e. The predicted molar refractivity (Wildman–Crippen MR) is 89.2 cm³/mol. The average molecular weight is 348 g/mol. The van der Waals surface area contributed by atoms with Crippen molar-refractivity contribution in [1.82, 2.24) is 14.5 Å². The molecule has 0 amide bonds. The molecule has 1 aromatic heterocycles. The normalized spacial score (nSPS) is 14.8. The number of rotatable bonds is 5. The van der Waals surface area contributed by atoms with Gasteiger partial charge in [-0.2, -0.15) is 0 Å². The van der Waals surface area contributed by atoms with Gasteiger partial charge in [0.05, 0.1) is 14.2 Å². The van der Waals surface area contributed by atoms with Crippen molar-refractivity contribution in [2.24, 2.45) is 0 Å². The molecular weight excluding hydrogens is 328 g/mol. The van der Waals surface area contributed by atoms with Crippen LogP contribution in [0.4, 0.5) is 5.82 Å². The Labute approximate surface area is 144 Å². The first-order valence-corrected chi connectivity index (χ1v) is 7.88. The maximum absolute atomic E-state index is 10.9. The van der Waals surface area contributed by atoms with E-state index in [2.05, 4.69) is 9.88 Å². The summed E-state index contributed by atoms with van der Waals surface area (Å²) in [5, 5.41) is 10.9. The van der Waals surface area contributed by atoms with E-state index in [9.17, 15) is 10.1 Å². The summed E-state index contributed by atoms with van der Waals surface area (Å²) in [6.45, 7) is 3.07. The molecule has 0 aliphatic carbocycles. The first-order valence-electron chi connectivity index (χ1n) is 7.88. The third-order valence-corrected chi connectivity index (χ3v) is 4.10. The minimum atomic E-state index is -0.513. The first-order chi connectivity index (χ1) is 12.1. The van der Waals surface area contributed by atoms with Crippen LogP contribution in [0.25, 0.3) is 0 Å². The monoisotopic (exact) mass is 348 g/mol. The largest absolute Gasteiger partial charge is 0.497 e. The summed E-state index contributed by atoms with van der Waals surface area (Å²) >= 11 is 0. The molecule has 0 saturated carbocycles. The van der Waals surface area contributed by atoms with Crippen molar-refractivity contribution in [3.63, 3.8) is 0 Å². The molecule has 0 radical (unpaired) electrons. The van der Waals surface area contributed by atoms with Gasteiger partial charge in [-0.3, -0.25) is 9.47 Å². The van der Waals surface area contributed by atoms with Crippen LogP contribution in [-0.4, -0.2) is 53.3 Å². The fourth-order valence-electron chi connectivity index (χ4n) is 2.76. The number of hydrogen-bond acceptors (Lipinski definition) is 7. The van der Waals surface area contributed by atoms with Crippen molar-refractivity contribution in [1.29, 1.82) is 0 Å². The molecule has 25 heavy (non-hydrogen) atoms. The summed E-state index contributed by atoms with van der Waals surface area (Å²) in [5.74, 6) is 1.31. The van der Waals surface area contributed by atoms with E-state index in [0.717, 1.165) is 23.6 Å². The molecule has 0 saturated heterocycles. The summed E-state index contributed by atoms with van der Waals surface area (Å²) in [4.78, 5) is 16.5. The van der Waals surface area contributed by atoms with E-state index in [-0.39, 0.29) is 5.82 Å². The number of benzene rings is 1. The Kier molecular flexibility index (Phi) is 5.03. The lowest BCUT2D eigenvalue weighted by Crippen LogP contribution is -2.33. The topological polar surface area (TPSA) is 91.9 Å². The number of methoxy groups -OCH3 is 2. The van der Waals surface area contributed by atoms with Crippen LogP contribution >= 0.6 is 0 Å². The number of hydrogen-bond donors (Lipinski definition) is 0. The number of nitro groups is 1. The molecular formula is C16H20N4O5. The second-order valence-electron chi connectivity index (χ2n) is 5.63. The van der Waals surface area contributed by atoms with E-state index < -0.39 is 4.92 Å². The Morgan fingerprint density at radius 3 is 2.84 bits per heavy atom. The zero-order valence-corrected chi connectivity index (χ0v) is 14.2. The Hall–Kier alpha value is -2.81. The zero-order valence-electron chi connectivity index (χ0n) is 14.2. The SMILES string of the molecule is COc1ccc(CN2CCOc3nc([N+](=O)[O-])cn3CC2)c(OC)c1. The molecule has 2 aromatic rings. The quantitative estimate of drug-likeness (QED) is 0.600. The van der Waals surface area contributed by atoms with Crippen molar-refractivity contribution in [3.05, 3.63) is 40.1 Å². The third-order valence-electron chi connectivity index (χ3n) is 4.10. The Bertz CT molecular complexity index is 761. The van der Waals surface area contributed by atoms with Gasteiger partial charge in [0.25, 0.3) is 0 Å². The summed E-state index contributed by atoms with van der Waals surface area (Å²) < 4.78 is 17.9. The van der Waals surface area contributed by atoms with Crippen LogP contribution < -0.4 is 14.2 Å². The maximum atomic E-state index is 10.9. The van der Waals surface area contributed by atoms with Crippen molar-refractivity contribution in [3.8, 4) is 17.5 Å². The van der Waals surface area contributed by atoms with Crippen LogP contribution in [-0.2, 0) is 13.1 Å². The van der Waals surface area contributed by atoms with Crippen molar-refractivity contribution in [2.45, 2.75) is 13.1 Å². The molecule has 1 aromatic carbocycles. The summed E-state index contributed by atoms with van der Waals surface area (Å²) in [6.07, 6.45) is 1.41. The van der Waals surface area contributed by atoms with Gasteiger partial charge in [-0.15, -0.1) is 0 Å². The van der Waals surface area contributed by atoms with Gasteiger partial charge in [-0.05, 0) is 11.0 Å². The Morgan fingerprint density at radius 2 is 2.12 bits per heavy atom. The van der Waals surface area contributed by atoms with Crippen LogP contribution in [0.15, 0.2) is 24.4 Å². The van der Waals surface area contributed by atoms with Gasteiger partial charge in [0.1, 0.15) is 24.3 Å². The molecule has 2 heterocycles. The second kappa shape index (κ2) is 7.39. The van der Waals surface area contributed by atoms with Crippen LogP contribution in [0.3, 0.4) is 0 Å². The molecule has 0 fully saturated rings. The highest BCUT2D eigenvalue weighted by molar-refractivity contribution is 5.40. The molecule has 9 nitrogen and oxygen atoms in total. The molecule has 134 valence electrons. The highest BCUT2D eigenvalue weighted by atomic mass is 16.6. The van der Waals surface area contributed by atoms with E-state index in [0.29, 0.717) is 32.3 Å². The van der Waals surface area contributed by atoms with Crippen LogP contribution in [0, 0.1) is 10.1 Å². The highest BCUT2D eigenvalue weighted by Gasteiger charge is 2.23. The predicted octanol–water partition coefficient (Wildman–Crippen LogP) is 1.70. The Morgan fingerprint density at radius 1 is 1.28 bits per heavy atom. The molecule has 0 spiro atoms. The summed E-state index contributed by atoms with van der Waals surface area (Å²) in [7, 11) is 3.25. The number of fused-ring (bicyclic) bond motifs is 1. The smallest absolute Gasteiger partial charge is 0.414 e. The van der Waals surface area contributed by atoms with Gasteiger partial charge in [-0.25, -0.2) is 0 Å². The van der Waals surface area contributed by atoms with Gasteiger partial charge in [-0.1, -0.05) is 6.07 Å². The summed E-state index contributed by atoms with van der Waals surface area (Å²) in [5.41, 5.74) is 1.04. The molecule has 0 bridgehead atoms. The van der Waals surface area contributed by atoms with Crippen LogP contribution in [0.1, 0.15) is 5.56 Å². The van der Waals surface area contributed by atoms with E-state index >= 15 is 0 Å². The number of aromatic nitrogens is 2. The average Bonchev–Trinajstić information content (AvgIpc) is 3.00. The van der Waals surface area contributed by atoms with Crippen molar-refractivity contribution >= 4 is 5.82 Å². The molecule has 0 N–H and O–H groups in total. The van der Waals surface area contributed by atoms with E-state index in [4.69, 9.17) is 14.2 Å². The van der Waals surface area contributed by atoms with Gasteiger partial charge in [0.2, 0.25) is 0 Å². The van der Waals surface area contributed by atoms with Crippen LogP contribution in [0.5, 0.6) is 17.5 Å². The van der Waals surface area contributed by atoms with Crippen molar-refractivity contribution in [2.75, 3.05) is 33.9 Å². The minimum Gasteiger partial charge on any atom is -0.497 e. The van der Waals surface area contributed by atoms with Crippen molar-refractivity contribution < 1.29 is 19.1 Å². The lowest BCUT2D eigenvalue weighted by Gasteiger charge is -2.25. The summed E-state index contributed by atoms with van der Waals surface area (Å²) in [6, 6.07) is 6.03. The fraction of sp³-hybridized carbons (Fsp3) is 0.438. The van der Waals surface area contributed by atoms with Gasteiger partial charge in [0, 0.05) is 42.8 Å². The standard InChI is InChI=1S/C16H20N4O5/c1-23-13-4-3-12(14(9-13)24-2)10-18-5-6-19-11-15(20(21)22)17-16(19)25-8-7-18/h3-4,9,11H,5-8,10H2,1-2H3.